The molecule has 2 aromatic carbocycles. The average Bonchev–Trinajstić information content (AvgIpc) is 3.21. The SMILES string of the molecule is C[C@@H](Oc1ccc(N(C)S(C)(=O)=O)cc1)C(=O)NCc1nc(-c2ccc(Cl)cc2)no1. The summed E-state index contributed by atoms with van der Waals surface area (Å²) in [7, 11) is -1.90. The Bertz CT molecular complexity index is 1150. The Morgan fingerprint density at radius 2 is 1.84 bits per heavy atom. The number of hydrogen-bond donors (Lipinski definition) is 1. The molecule has 0 saturated carbocycles. The van der Waals surface area contributed by atoms with Crippen molar-refractivity contribution in [2.75, 3.05) is 17.6 Å². The van der Waals surface area contributed by atoms with E-state index in [-0.39, 0.29) is 18.3 Å². The van der Waals surface area contributed by atoms with Gasteiger partial charge in [-0.15, -0.1) is 0 Å². The number of sulfonamides is 1. The smallest absolute Gasteiger partial charge is 0.261 e. The first-order valence-electron chi connectivity index (χ1n) is 9.20. The lowest BCUT2D eigenvalue weighted by molar-refractivity contribution is -0.127. The molecule has 0 saturated heterocycles. The fraction of sp³-hybridized carbons (Fsp3) is 0.250. The fourth-order valence-electron chi connectivity index (χ4n) is 2.53. The van der Waals surface area contributed by atoms with Crippen molar-refractivity contribution >= 4 is 33.2 Å². The zero-order valence-electron chi connectivity index (χ0n) is 17.1. The molecule has 31 heavy (non-hydrogen) atoms. The molecule has 1 aromatic heterocycles. The van der Waals surface area contributed by atoms with Crippen molar-refractivity contribution in [1.82, 2.24) is 15.5 Å². The van der Waals surface area contributed by atoms with E-state index in [0.717, 1.165) is 16.1 Å². The number of benzene rings is 2. The molecule has 0 radical (unpaired) electrons. The van der Waals surface area contributed by atoms with Gasteiger partial charge in [0.15, 0.2) is 6.10 Å². The van der Waals surface area contributed by atoms with Crippen LogP contribution in [0.1, 0.15) is 12.8 Å². The second-order valence-corrected chi connectivity index (χ2v) is 9.17. The van der Waals surface area contributed by atoms with Crippen LogP contribution in [0.3, 0.4) is 0 Å². The molecule has 0 fully saturated rings. The number of ether oxygens (including phenoxy) is 1. The number of anilines is 1. The molecule has 1 N–H and O–H groups in total. The minimum Gasteiger partial charge on any atom is -0.481 e. The van der Waals surface area contributed by atoms with E-state index in [0.29, 0.717) is 22.3 Å². The third-order valence-electron chi connectivity index (χ3n) is 4.36. The highest BCUT2D eigenvalue weighted by Gasteiger charge is 2.17. The van der Waals surface area contributed by atoms with Crippen molar-refractivity contribution in [3.05, 3.63) is 59.4 Å². The topological polar surface area (TPSA) is 115 Å². The molecule has 0 aliphatic heterocycles. The van der Waals surface area contributed by atoms with Gasteiger partial charge in [-0.25, -0.2) is 8.42 Å². The number of carbonyl (C=O) groups excluding carboxylic acids is 1. The highest BCUT2D eigenvalue weighted by Crippen LogP contribution is 2.21. The number of hydrogen-bond acceptors (Lipinski definition) is 7. The molecule has 0 aliphatic rings. The molecule has 0 aliphatic carbocycles. The lowest BCUT2D eigenvalue weighted by Gasteiger charge is -2.18. The monoisotopic (exact) mass is 464 g/mol. The van der Waals surface area contributed by atoms with Crippen molar-refractivity contribution in [3.63, 3.8) is 0 Å². The van der Waals surface area contributed by atoms with E-state index in [4.69, 9.17) is 20.9 Å². The summed E-state index contributed by atoms with van der Waals surface area (Å²) in [4.78, 5) is 16.6. The third-order valence-corrected chi connectivity index (χ3v) is 5.82. The number of rotatable bonds is 8. The predicted molar refractivity (Wildman–Crippen MR) is 116 cm³/mol. The molecular weight excluding hydrogens is 444 g/mol. The van der Waals surface area contributed by atoms with Crippen LogP contribution in [0, 0.1) is 0 Å². The van der Waals surface area contributed by atoms with Crippen molar-refractivity contribution in [2.45, 2.75) is 19.6 Å². The Labute approximate surface area is 185 Å². The normalized spacial score (nSPS) is 12.3. The van der Waals surface area contributed by atoms with E-state index in [1.807, 2.05) is 0 Å². The molecule has 0 bridgehead atoms. The van der Waals surface area contributed by atoms with Crippen LogP contribution in [0.15, 0.2) is 53.1 Å². The van der Waals surface area contributed by atoms with Crippen molar-refractivity contribution in [1.29, 1.82) is 0 Å². The van der Waals surface area contributed by atoms with Gasteiger partial charge in [0.05, 0.1) is 18.5 Å². The first-order valence-corrected chi connectivity index (χ1v) is 11.4. The van der Waals surface area contributed by atoms with Gasteiger partial charge in [0, 0.05) is 17.6 Å². The van der Waals surface area contributed by atoms with Crippen LogP contribution in [-0.4, -0.2) is 43.9 Å². The first-order chi connectivity index (χ1) is 14.6. The van der Waals surface area contributed by atoms with E-state index in [2.05, 4.69) is 15.5 Å². The Morgan fingerprint density at radius 3 is 2.45 bits per heavy atom. The maximum atomic E-state index is 12.3. The highest BCUT2D eigenvalue weighted by molar-refractivity contribution is 7.92. The lowest BCUT2D eigenvalue weighted by Crippen LogP contribution is -2.36. The Hall–Kier alpha value is -3.11. The molecule has 9 nitrogen and oxygen atoms in total. The van der Waals surface area contributed by atoms with Crippen molar-refractivity contribution in [3.8, 4) is 17.1 Å². The van der Waals surface area contributed by atoms with Gasteiger partial charge in [0.25, 0.3) is 5.91 Å². The lowest BCUT2D eigenvalue weighted by atomic mass is 10.2. The molecule has 0 unspecified atom stereocenters. The Balaban J connectivity index is 1.53. The van der Waals surface area contributed by atoms with Gasteiger partial charge in [-0.2, -0.15) is 4.98 Å². The minimum absolute atomic E-state index is 0.0468. The molecule has 3 aromatic rings. The number of nitrogens with zero attached hydrogens (tertiary/aromatic N) is 3. The van der Waals surface area contributed by atoms with E-state index in [1.54, 1.807) is 55.5 Å². The molecule has 1 atom stereocenters. The number of nitrogens with one attached hydrogen (secondary N) is 1. The van der Waals surface area contributed by atoms with Gasteiger partial charge >= 0.3 is 0 Å². The summed E-state index contributed by atoms with van der Waals surface area (Å²) in [6, 6.07) is 13.4. The van der Waals surface area contributed by atoms with Gasteiger partial charge in [-0.1, -0.05) is 16.8 Å². The number of amides is 1. The van der Waals surface area contributed by atoms with Crippen LogP contribution >= 0.6 is 11.6 Å². The Kier molecular flexibility index (Phi) is 6.81. The fourth-order valence-corrected chi connectivity index (χ4v) is 3.16. The second-order valence-electron chi connectivity index (χ2n) is 6.72. The molecule has 164 valence electrons. The van der Waals surface area contributed by atoms with Crippen LogP contribution < -0.4 is 14.4 Å². The highest BCUT2D eigenvalue weighted by atomic mass is 35.5. The summed E-state index contributed by atoms with van der Waals surface area (Å²) in [5, 5.41) is 7.16. The maximum absolute atomic E-state index is 12.3. The van der Waals surface area contributed by atoms with Crippen LogP contribution in [0.5, 0.6) is 5.75 Å². The van der Waals surface area contributed by atoms with Gasteiger partial charge in [0.2, 0.25) is 21.7 Å². The van der Waals surface area contributed by atoms with E-state index >= 15 is 0 Å². The third kappa shape index (κ3) is 5.96. The van der Waals surface area contributed by atoms with Crippen molar-refractivity contribution < 1.29 is 22.5 Å². The van der Waals surface area contributed by atoms with Gasteiger partial charge in [-0.3, -0.25) is 9.10 Å². The largest absolute Gasteiger partial charge is 0.481 e. The summed E-state index contributed by atoms with van der Waals surface area (Å²) in [5.74, 6) is 0.697. The molecule has 0 spiro atoms. The predicted octanol–water partition coefficient (Wildman–Crippen LogP) is 2.87. The quantitative estimate of drug-likeness (QED) is 0.545. The molecule has 1 heterocycles. The van der Waals surface area contributed by atoms with Crippen molar-refractivity contribution in [2.24, 2.45) is 0 Å². The van der Waals surface area contributed by atoms with E-state index in [9.17, 15) is 13.2 Å². The molecule has 3 rings (SSSR count). The van der Waals surface area contributed by atoms with E-state index < -0.39 is 16.1 Å². The van der Waals surface area contributed by atoms with Crippen LogP contribution in [0.2, 0.25) is 5.02 Å². The van der Waals surface area contributed by atoms with Crippen LogP contribution in [0.25, 0.3) is 11.4 Å². The first kappa shape index (κ1) is 22.6. The van der Waals surface area contributed by atoms with E-state index in [1.165, 1.54) is 7.05 Å². The zero-order valence-corrected chi connectivity index (χ0v) is 18.6. The van der Waals surface area contributed by atoms with Gasteiger partial charge < -0.3 is 14.6 Å². The summed E-state index contributed by atoms with van der Waals surface area (Å²) in [5.41, 5.74) is 1.23. The minimum atomic E-state index is -3.35. The number of carbonyl (C=O) groups is 1. The molecular formula is C20H21ClN4O5S. The van der Waals surface area contributed by atoms with Gasteiger partial charge in [0.1, 0.15) is 5.75 Å². The van der Waals surface area contributed by atoms with Gasteiger partial charge in [-0.05, 0) is 55.5 Å². The van der Waals surface area contributed by atoms with Crippen LogP contribution in [-0.2, 0) is 21.4 Å². The van der Waals surface area contributed by atoms with Crippen LogP contribution in [0.4, 0.5) is 5.69 Å². The summed E-state index contributed by atoms with van der Waals surface area (Å²) < 4.78 is 35.1. The zero-order chi connectivity index (χ0) is 22.6. The Morgan fingerprint density at radius 1 is 1.19 bits per heavy atom. The summed E-state index contributed by atoms with van der Waals surface area (Å²) in [6.45, 7) is 1.64. The number of aromatic nitrogens is 2. The summed E-state index contributed by atoms with van der Waals surface area (Å²) >= 11 is 5.87. The molecule has 11 heteroatoms. The standard InChI is InChI=1S/C20H21ClN4O5S/c1-13(29-17-10-8-16(9-11-17)25(2)31(3,27)28)20(26)22-12-18-23-19(24-30-18)14-4-6-15(21)7-5-14/h4-11,13H,12H2,1-3H3,(H,22,26)/t13-/m1/s1. The second kappa shape index (κ2) is 9.36. The average molecular weight is 465 g/mol. The summed E-state index contributed by atoms with van der Waals surface area (Å²) in [6.07, 6.45) is 0.322. The molecule has 1 amide bonds. The number of halogens is 1. The maximum Gasteiger partial charge on any atom is 0.261 e.